The summed E-state index contributed by atoms with van der Waals surface area (Å²) in [4.78, 5) is 24.7. The molecular formula is C25H19N3O4S. The predicted octanol–water partition coefficient (Wildman–Crippen LogP) is 5.08. The normalized spacial score (nSPS) is 10.7. The van der Waals surface area contributed by atoms with E-state index in [4.69, 9.17) is 9.47 Å². The van der Waals surface area contributed by atoms with Crippen molar-refractivity contribution in [3.05, 3.63) is 96.1 Å². The van der Waals surface area contributed by atoms with E-state index in [0.29, 0.717) is 27.0 Å². The Kier molecular flexibility index (Phi) is 6.87. The zero-order valence-electron chi connectivity index (χ0n) is 17.6. The van der Waals surface area contributed by atoms with Gasteiger partial charge in [-0.2, -0.15) is 0 Å². The third-order valence-corrected chi connectivity index (χ3v) is 5.43. The van der Waals surface area contributed by atoms with Gasteiger partial charge in [0.2, 0.25) is 11.0 Å². The maximum Gasteiger partial charge on any atom is 0.343 e. The molecule has 3 aromatic carbocycles. The standard InChI is InChI=1S/C25H19N3O4S/c1-31-20-14-11-18(12-15-20)23-27-28-25(33-23)26-22(29)16-13-17-7-5-6-10-21(17)32-24(30)19-8-3-2-4-9-19/h2-16H,1H3,(H,26,28,29)/b16-13+. The van der Waals surface area contributed by atoms with Gasteiger partial charge in [0.05, 0.1) is 12.7 Å². The molecule has 164 valence electrons. The first kappa shape index (κ1) is 21.9. The van der Waals surface area contributed by atoms with Gasteiger partial charge in [0, 0.05) is 17.2 Å². The van der Waals surface area contributed by atoms with E-state index in [0.717, 1.165) is 11.3 Å². The van der Waals surface area contributed by atoms with E-state index in [2.05, 4.69) is 15.5 Å². The number of carbonyl (C=O) groups is 2. The Labute approximate surface area is 194 Å². The number of hydrogen-bond donors (Lipinski definition) is 1. The minimum atomic E-state index is -0.471. The molecule has 1 amide bonds. The zero-order chi connectivity index (χ0) is 23.0. The van der Waals surface area contributed by atoms with Gasteiger partial charge in [-0.3, -0.25) is 10.1 Å². The summed E-state index contributed by atoms with van der Waals surface area (Å²) < 4.78 is 10.7. The Hall–Kier alpha value is -4.30. The molecule has 0 radical (unpaired) electrons. The van der Waals surface area contributed by atoms with Gasteiger partial charge in [0.1, 0.15) is 16.5 Å². The smallest absolute Gasteiger partial charge is 0.343 e. The lowest BCUT2D eigenvalue weighted by atomic mass is 10.2. The second kappa shape index (κ2) is 10.3. The maximum atomic E-state index is 12.4. The monoisotopic (exact) mass is 457 g/mol. The number of para-hydroxylation sites is 1. The molecule has 0 aliphatic rings. The van der Waals surface area contributed by atoms with E-state index in [1.165, 1.54) is 17.4 Å². The van der Waals surface area contributed by atoms with Crippen LogP contribution < -0.4 is 14.8 Å². The van der Waals surface area contributed by atoms with Crippen molar-refractivity contribution in [2.75, 3.05) is 12.4 Å². The lowest BCUT2D eigenvalue weighted by Gasteiger charge is -2.07. The van der Waals surface area contributed by atoms with Gasteiger partial charge in [-0.05, 0) is 48.5 Å². The van der Waals surface area contributed by atoms with Gasteiger partial charge in [-0.1, -0.05) is 47.7 Å². The number of ether oxygens (including phenoxy) is 2. The van der Waals surface area contributed by atoms with Crippen LogP contribution in [-0.2, 0) is 4.79 Å². The van der Waals surface area contributed by atoms with Gasteiger partial charge in [0.25, 0.3) is 0 Å². The van der Waals surface area contributed by atoms with Crippen LogP contribution in [0.1, 0.15) is 15.9 Å². The highest BCUT2D eigenvalue weighted by Gasteiger charge is 2.11. The van der Waals surface area contributed by atoms with Crippen LogP contribution in [-0.4, -0.2) is 29.2 Å². The van der Waals surface area contributed by atoms with Crippen LogP contribution in [0.2, 0.25) is 0 Å². The molecule has 0 aliphatic carbocycles. The highest BCUT2D eigenvalue weighted by atomic mass is 32.1. The Balaban J connectivity index is 1.41. The fraction of sp³-hybridized carbons (Fsp3) is 0.0400. The number of hydrogen-bond acceptors (Lipinski definition) is 7. The molecule has 0 bridgehead atoms. The number of esters is 1. The molecule has 0 fully saturated rings. The maximum absolute atomic E-state index is 12.4. The minimum Gasteiger partial charge on any atom is -0.497 e. The molecule has 4 aromatic rings. The Morgan fingerprint density at radius 1 is 0.909 bits per heavy atom. The quantitative estimate of drug-likeness (QED) is 0.236. The largest absolute Gasteiger partial charge is 0.497 e. The van der Waals surface area contributed by atoms with Crippen LogP contribution in [0.25, 0.3) is 16.6 Å². The zero-order valence-corrected chi connectivity index (χ0v) is 18.4. The topological polar surface area (TPSA) is 90.4 Å². The summed E-state index contributed by atoms with van der Waals surface area (Å²) in [5.41, 5.74) is 1.91. The number of carbonyl (C=O) groups excluding carboxylic acids is 2. The lowest BCUT2D eigenvalue weighted by Crippen LogP contribution is -2.09. The predicted molar refractivity (Wildman–Crippen MR) is 127 cm³/mol. The molecular weight excluding hydrogens is 438 g/mol. The summed E-state index contributed by atoms with van der Waals surface area (Å²) in [5, 5.41) is 11.9. The van der Waals surface area contributed by atoms with Crippen LogP contribution in [0.5, 0.6) is 11.5 Å². The molecule has 1 N–H and O–H groups in total. The van der Waals surface area contributed by atoms with Crippen LogP contribution >= 0.6 is 11.3 Å². The number of aromatic nitrogens is 2. The molecule has 0 unspecified atom stereocenters. The van der Waals surface area contributed by atoms with E-state index in [1.54, 1.807) is 61.7 Å². The van der Waals surface area contributed by atoms with Crippen molar-refractivity contribution in [2.45, 2.75) is 0 Å². The first-order valence-electron chi connectivity index (χ1n) is 9.95. The lowest BCUT2D eigenvalue weighted by molar-refractivity contribution is -0.111. The Morgan fingerprint density at radius 2 is 1.64 bits per heavy atom. The number of benzene rings is 3. The van der Waals surface area contributed by atoms with Crippen molar-refractivity contribution in [2.24, 2.45) is 0 Å². The van der Waals surface area contributed by atoms with E-state index in [-0.39, 0.29) is 5.91 Å². The highest BCUT2D eigenvalue weighted by molar-refractivity contribution is 7.18. The number of rotatable bonds is 7. The van der Waals surface area contributed by atoms with Crippen molar-refractivity contribution < 1.29 is 19.1 Å². The summed E-state index contributed by atoms with van der Waals surface area (Å²) in [6.45, 7) is 0. The second-order valence-corrected chi connectivity index (χ2v) is 7.73. The minimum absolute atomic E-state index is 0.355. The first-order valence-corrected chi connectivity index (χ1v) is 10.8. The van der Waals surface area contributed by atoms with Gasteiger partial charge in [0.15, 0.2) is 0 Å². The molecule has 0 saturated heterocycles. The summed E-state index contributed by atoms with van der Waals surface area (Å²) in [6, 6.07) is 23.1. The Bertz CT molecular complexity index is 1280. The van der Waals surface area contributed by atoms with Crippen LogP contribution in [0.3, 0.4) is 0 Å². The molecule has 0 spiro atoms. The molecule has 0 aliphatic heterocycles. The molecule has 33 heavy (non-hydrogen) atoms. The number of amides is 1. The molecule has 0 atom stereocenters. The van der Waals surface area contributed by atoms with Crippen molar-refractivity contribution in [1.29, 1.82) is 0 Å². The van der Waals surface area contributed by atoms with Gasteiger partial charge < -0.3 is 9.47 Å². The summed E-state index contributed by atoms with van der Waals surface area (Å²) in [5.74, 6) is 0.252. The second-order valence-electron chi connectivity index (χ2n) is 6.76. The third kappa shape index (κ3) is 5.69. The summed E-state index contributed by atoms with van der Waals surface area (Å²) >= 11 is 1.26. The van der Waals surface area contributed by atoms with Crippen LogP contribution in [0, 0.1) is 0 Å². The fourth-order valence-electron chi connectivity index (χ4n) is 2.88. The third-order valence-electron chi connectivity index (χ3n) is 4.54. The fourth-order valence-corrected chi connectivity index (χ4v) is 3.63. The highest BCUT2D eigenvalue weighted by Crippen LogP contribution is 2.28. The van der Waals surface area contributed by atoms with E-state index in [1.807, 2.05) is 30.3 Å². The van der Waals surface area contributed by atoms with Crippen molar-refractivity contribution >= 4 is 34.4 Å². The SMILES string of the molecule is COc1ccc(-c2nnc(NC(=O)/C=C/c3ccccc3OC(=O)c3ccccc3)s2)cc1. The van der Waals surface area contributed by atoms with Gasteiger partial charge >= 0.3 is 5.97 Å². The molecule has 7 nitrogen and oxygen atoms in total. The number of anilines is 1. The summed E-state index contributed by atoms with van der Waals surface area (Å²) in [6.07, 6.45) is 2.93. The number of methoxy groups -OCH3 is 1. The number of nitrogens with zero attached hydrogens (tertiary/aromatic N) is 2. The summed E-state index contributed by atoms with van der Waals surface area (Å²) in [7, 11) is 1.60. The van der Waals surface area contributed by atoms with Crippen molar-refractivity contribution in [3.8, 4) is 22.1 Å². The van der Waals surface area contributed by atoms with Crippen molar-refractivity contribution in [3.63, 3.8) is 0 Å². The van der Waals surface area contributed by atoms with E-state index in [9.17, 15) is 9.59 Å². The average molecular weight is 458 g/mol. The molecule has 4 rings (SSSR count). The van der Waals surface area contributed by atoms with Crippen molar-refractivity contribution in [1.82, 2.24) is 10.2 Å². The molecule has 1 heterocycles. The van der Waals surface area contributed by atoms with Gasteiger partial charge in [-0.25, -0.2) is 4.79 Å². The van der Waals surface area contributed by atoms with E-state index < -0.39 is 5.97 Å². The Morgan fingerprint density at radius 3 is 2.39 bits per heavy atom. The van der Waals surface area contributed by atoms with Gasteiger partial charge in [-0.15, -0.1) is 10.2 Å². The first-order chi connectivity index (χ1) is 16.1. The van der Waals surface area contributed by atoms with Crippen LogP contribution in [0.15, 0.2) is 84.9 Å². The van der Waals surface area contributed by atoms with E-state index >= 15 is 0 Å². The molecule has 1 aromatic heterocycles. The van der Waals surface area contributed by atoms with Crippen LogP contribution in [0.4, 0.5) is 5.13 Å². The number of nitrogens with one attached hydrogen (secondary N) is 1. The average Bonchev–Trinajstić information content (AvgIpc) is 3.32. The molecule has 0 saturated carbocycles. The molecule has 8 heteroatoms.